The summed E-state index contributed by atoms with van der Waals surface area (Å²) in [6, 6.07) is 18.5. The van der Waals surface area contributed by atoms with E-state index in [2.05, 4.69) is 4.74 Å². The van der Waals surface area contributed by atoms with Gasteiger partial charge in [0, 0.05) is 38.5 Å². The maximum atomic E-state index is 12.9. The molecule has 0 spiro atoms. The maximum absolute atomic E-state index is 12.9. The summed E-state index contributed by atoms with van der Waals surface area (Å²) in [5.74, 6) is -1.26. The first-order valence-electron chi connectivity index (χ1n) is 11.3. The van der Waals surface area contributed by atoms with Gasteiger partial charge in [0.05, 0.1) is 11.5 Å². The molecule has 38 heavy (non-hydrogen) atoms. The Labute approximate surface area is 249 Å². The molecule has 0 aliphatic carbocycles. The summed E-state index contributed by atoms with van der Waals surface area (Å²) in [4.78, 5) is 13.1. The van der Waals surface area contributed by atoms with Gasteiger partial charge in [0.1, 0.15) is 17.6 Å². The topological polar surface area (TPSA) is 63.5 Å². The molecule has 0 radical (unpaired) electrons. The average Bonchev–Trinajstić information content (AvgIpc) is 3.08. The fourth-order valence-electron chi connectivity index (χ4n) is 3.94. The molecular formula is C27H22ClF3NNaO4S. The summed E-state index contributed by atoms with van der Waals surface area (Å²) in [5, 5.41) is 12.6. The van der Waals surface area contributed by atoms with Gasteiger partial charge in [-0.3, -0.25) is 0 Å². The molecule has 0 aliphatic heterocycles. The van der Waals surface area contributed by atoms with Crippen LogP contribution in [0.1, 0.15) is 24.6 Å². The standard InChI is InChI=1S/C27H23ClF3NO4S.Na/c1-3-24(26(33)34)35-19-6-4-5-17(13-19)15-32-16(2)25(37-21-10-7-18(28)8-11-21)22-12-9-20(14-23(22)32)36-27(29,30)31;/h4-14,24H,3,15H2,1-2H3,(H,33,34);/q;+1/p-1/t24-;/m1./s1. The van der Waals surface area contributed by atoms with Crippen LogP contribution in [0.15, 0.2) is 76.5 Å². The molecule has 1 atom stereocenters. The zero-order chi connectivity index (χ0) is 26.7. The SMILES string of the molecule is CC[C@@H](Oc1cccc(Cn2c(C)c(Sc3ccc(Cl)cc3)c3ccc(OC(F)(F)F)cc32)c1)C(=O)[O-].[Na+]. The zero-order valence-electron chi connectivity index (χ0n) is 20.8. The Morgan fingerprint density at radius 2 is 1.79 bits per heavy atom. The van der Waals surface area contributed by atoms with Gasteiger partial charge in [0.15, 0.2) is 0 Å². The molecule has 0 N–H and O–H groups in total. The Hall–Kier alpha value is -2.30. The smallest absolute Gasteiger partial charge is 0.546 e. The van der Waals surface area contributed by atoms with Gasteiger partial charge in [-0.15, -0.1) is 13.2 Å². The van der Waals surface area contributed by atoms with Crippen LogP contribution in [-0.4, -0.2) is 23.0 Å². The molecule has 0 amide bonds. The van der Waals surface area contributed by atoms with Crippen LogP contribution in [0.4, 0.5) is 13.2 Å². The third-order valence-electron chi connectivity index (χ3n) is 5.66. The molecule has 1 heterocycles. The number of halogens is 4. The van der Waals surface area contributed by atoms with E-state index in [0.29, 0.717) is 22.8 Å². The average molecular weight is 572 g/mol. The van der Waals surface area contributed by atoms with Gasteiger partial charge < -0.3 is 23.9 Å². The third kappa shape index (κ3) is 7.42. The Kier molecular flexibility index (Phi) is 10.1. The number of benzene rings is 3. The number of carbonyl (C=O) groups excluding carboxylic acids is 1. The molecule has 4 rings (SSSR count). The van der Waals surface area contributed by atoms with Gasteiger partial charge in [0.2, 0.25) is 0 Å². The number of rotatable bonds is 9. The van der Waals surface area contributed by atoms with Crippen molar-refractivity contribution in [3.05, 3.63) is 83.0 Å². The molecule has 0 saturated heterocycles. The number of hydrogen-bond acceptors (Lipinski definition) is 5. The normalized spacial score (nSPS) is 12.2. The van der Waals surface area contributed by atoms with Crippen LogP contribution in [0.3, 0.4) is 0 Å². The van der Waals surface area contributed by atoms with E-state index < -0.39 is 18.4 Å². The number of hydrogen-bond donors (Lipinski definition) is 0. The van der Waals surface area contributed by atoms with Gasteiger partial charge in [0.25, 0.3) is 0 Å². The van der Waals surface area contributed by atoms with Crippen LogP contribution >= 0.6 is 23.4 Å². The van der Waals surface area contributed by atoms with Crippen LogP contribution in [-0.2, 0) is 11.3 Å². The van der Waals surface area contributed by atoms with E-state index in [1.54, 1.807) is 43.3 Å². The number of aliphatic carboxylic acids is 1. The monoisotopic (exact) mass is 571 g/mol. The molecule has 0 unspecified atom stereocenters. The van der Waals surface area contributed by atoms with Crippen LogP contribution in [0.2, 0.25) is 5.02 Å². The van der Waals surface area contributed by atoms with E-state index in [1.165, 1.54) is 23.9 Å². The quantitative estimate of drug-likeness (QED) is 0.287. The summed E-state index contributed by atoms with van der Waals surface area (Å²) < 4.78 is 50.4. The third-order valence-corrected chi connectivity index (χ3v) is 7.14. The first-order chi connectivity index (χ1) is 17.5. The number of nitrogens with zero attached hydrogens (tertiary/aromatic N) is 1. The molecular weight excluding hydrogens is 550 g/mol. The molecule has 0 aliphatic rings. The number of carboxylic acids is 1. The van der Waals surface area contributed by atoms with E-state index in [4.69, 9.17) is 16.3 Å². The largest absolute Gasteiger partial charge is 1.00 e. The predicted molar refractivity (Wildman–Crippen MR) is 134 cm³/mol. The number of alkyl halides is 3. The minimum atomic E-state index is -4.82. The van der Waals surface area contributed by atoms with Crippen molar-refractivity contribution >= 4 is 40.2 Å². The van der Waals surface area contributed by atoms with E-state index in [9.17, 15) is 23.1 Å². The van der Waals surface area contributed by atoms with E-state index in [0.717, 1.165) is 26.4 Å². The molecule has 0 saturated carbocycles. The number of ether oxygens (including phenoxy) is 2. The Morgan fingerprint density at radius 1 is 1.08 bits per heavy atom. The number of aromatic nitrogens is 1. The molecule has 194 valence electrons. The fourth-order valence-corrected chi connectivity index (χ4v) is 5.11. The van der Waals surface area contributed by atoms with Crippen LogP contribution < -0.4 is 44.1 Å². The van der Waals surface area contributed by atoms with E-state index in [-0.39, 0.29) is 41.7 Å². The molecule has 11 heteroatoms. The van der Waals surface area contributed by atoms with E-state index >= 15 is 0 Å². The second-order valence-corrected chi connectivity index (χ2v) is 9.78. The summed E-state index contributed by atoms with van der Waals surface area (Å²) in [6.45, 7) is 3.88. The second-order valence-electron chi connectivity index (χ2n) is 8.26. The first-order valence-corrected chi connectivity index (χ1v) is 12.5. The molecule has 3 aromatic carbocycles. The van der Waals surface area contributed by atoms with Crippen LogP contribution in [0.5, 0.6) is 11.5 Å². The van der Waals surface area contributed by atoms with Crippen LogP contribution in [0.25, 0.3) is 10.9 Å². The first kappa shape index (κ1) is 30.2. The molecule has 0 bridgehead atoms. The van der Waals surface area contributed by atoms with E-state index in [1.807, 2.05) is 29.7 Å². The van der Waals surface area contributed by atoms with Crippen molar-refractivity contribution in [3.8, 4) is 11.5 Å². The maximum Gasteiger partial charge on any atom is 1.00 e. The Bertz CT molecular complexity index is 1430. The van der Waals surface area contributed by atoms with Crippen molar-refractivity contribution in [1.82, 2.24) is 4.57 Å². The molecule has 4 aromatic rings. The summed E-state index contributed by atoms with van der Waals surface area (Å²) in [7, 11) is 0. The van der Waals surface area contributed by atoms with Crippen molar-refractivity contribution in [1.29, 1.82) is 0 Å². The van der Waals surface area contributed by atoms with Crippen molar-refractivity contribution < 1.29 is 62.1 Å². The van der Waals surface area contributed by atoms with Gasteiger partial charge >= 0.3 is 35.9 Å². The van der Waals surface area contributed by atoms with Crippen LogP contribution in [0, 0.1) is 6.92 Å². The van der Waals surface area contributed by atoms with Crippen molar-refractivity contribution in [2.24, 2.45) is 0 Å². The van der Waals surface area contributed by atoms with Gasteiger partial charge in [-0.1, -0.05) is 42.4 Å². The minimum absolute atomic E-state index is 0. The zero-order valence-corrected chi connectivity index (χ0v) is 24.4. The molecule has 5 nitrogen and oxygen atoms in total. The summed E-state index contributed by atoms with van der Waals surface area (Å²) >= 11 is 7.49. The molecule has 0 fully saturated rings. The van der Waals surface area contributed by atoms with Gasteiger partial charge in [-0.05, 0) is 67.4 Å². The number of carboxylic acid groups (broad SMARTS) is 1. The Balaban J connectivity index is 0.00000400. The second kappa shape index (κ2) is 12.7. The van der Waals surface area contributed by atoms with Crippen molar-refractivity contribution in [3.63, 3.8) is 0 Å². The fraction of sp³-hybridized carbons (Fsp3) is 0.222. The summed E-state index contributed by atoms with van der Waals surface area (Å²) in [5.41, 5.74) is 2.17. The number of fused-ring (bicyclic) bond motifs is 1. The van der Waals surface area contributed by atoms with Crippen molar-refractivity contribution in [2.45, 2.75) is 49.1 Å². The predicted octanol–water partition coefficient (Wildman–Crippen LogP) is 3.61. The Morgan fingerprint density at radius 3 is 2.42 bits per heavy atom. The molecule has 1 aromatic heterocycles. The van der Waals surface area contributed by atoms with Gasteiger partial charge in [-0.2, -0.15) is 0 Å². The minimum Gasteiger partial charge on any atom is -0.546 e. The van der Waals surface area contributed by atoms with Crippen molar-refractivity contribution in [2.75, 3.05) is 0 Å². The van der Waals surface area contributed by atoms with Gasteiger partial charge in [-0.25, -0.2) is 0 Å². The summed E-state index contributed by atoms with van der Waals surface area (Å²) in [6.07, 6.45) is -5.67. The number of carbonyl (C=O) groups is 1.